The molecule has 124 valence electrons. The molecule has 0 radical (unpaired) electrons. The van der Waals surface area contributed by atoms with Crippen molar-refractivity contribution in [3.63, 3.8) is 0 Å². The molecular formula is C18H24NO4+. The third-order valence-corrected chi connectivity index (χ3v) is 3.65. The predicted octanol–water partition coefficient (Wildman–Crippen LogP) is 1.98. The maximum absolute atomic E-state index is 5.42. The van der Waals surface area contributed by atoms with Crippen LogP contribution in [0, 0.1) is 0 Å². The molecule has 0 bridgehead atoms. The van der Waals surface area contributed by atoms with E-state index in [2.05, 4.69) is 5.32 Å². The lowest BCUT2D eigenvalue weighted by Crippen LogP contribution is -2.80. The molecule has 23 heavy (non-hydrogen) atoms. The Hall–Kier alpha value is -2.40. The third kappa shape index (κ3) is 4.53. The van der Waals surface area contributed by atoms with Gasteiger partial charge in [0, 0.05) is 23.3 Å². The summed E-state index contributed by atoms with van der Waals surface area (Å²) in [5.74, 6) is 3.23. The Morgan fingerprint density at radius 1 is 0.696 bits per heavy atom. The van der Waals surface area contributed by atoms with Gasteiger partial charge in [-0.05, 0) is 24.3 Å². The van der Waals surface area contributed by atoms with Crippen molar-refractivity contribution in [2.45, 2.75) is 13.1 Å². The molecule has 5 heteroatoms. The zero-order valence-corrected chi connectivity index (χ0v) is 14.1. The molecule has 0 saturated heterocycles. The first-order valence-corrected chi connectivity index (χ1v) is 7.44. The minimum absolute atomic E-state index is 0.795. The second-order valence-electron chi connectivity index (χ2n) is 5.10. The van der Waals surface area contributed by atoms with Gasteiger partial charge in [-0.15, -0.1) is 0 Å². The minimum atomic E-state index is 0.795. The van der Waals surface area contributed by atoms with E-state index in [1.54, 1.807) is 28.4 Å². The van der Waals surface area contributed by atoms with Gasteiger partial charge < -0.3 is 24.3 Å². The summed E-state index contributed by atoms with van der Waals surface area (Å²) in [4.78, 5) is 0. The van der Waals surface area contributed by atoms with E-state index < -0.39 is 0 Å². The van der Waals surface area contributed by atoms with Gasteiger partial charge in [-0.2, -0.15) is 0 Å². The fourth-order valence-corrected chi connectivity index (χ4v) is 2.40. The van der Waals surface area contributed by atoms with E-state index >= 15 is 0 Å². The number of rotatable bonds is 8. The molecular weight excluding hydrogens is 294 g/mol. The molecule has 0 aliphatic rings. The molecule has 0 saturated carbocycles. The molecule has 2 N–H and O–H groups in total. The van der Waals surface area contributed by atoms with E-state index in [0.29, 0.717) is 0 Å². The van der Waals surface area contributed by atoms with Crippen molar-refractivity contribution >= 4 is 0 Å². The minimum Gasteiger partial charge on any atom is -0.497 e. The van der Waals surface area contributed by atoms with Crippen molar-refractivity contribution in [3.8, 4) is 23.0 Å². The van der Waals surface area contributed by atoms with Crippen LogP contribution in [-0.4, -0.2) is 28.4 Å². The van der Waals surface area contributed by atoms with E-state index in [-0.39, 0.29) is 0 Å². The zero-order valence-electron chi connectivity index (χ0n) is 14.1. The first-order chi connectivity index (χ1) is 11.2. The summed E-state index contributed by atoms with van der Waals surface area (Å²) < 4.78 is 21.2. The number of ether oxygens (including phenoxy) is 4. The Kier molecular flexibility index (Phi) is 6.11. The van der Waals surface area contributed by atoms with Crippen molar-refractivity contribution in [3.05, 3.63) is 47.5 Å². The molecule has 0 fully saturated rings. The number of methoxy groups -OCH3 is 4. The zero-order chi connectivity index (χ0) is 16.7. The summed E-state index contributed by atoms with van der Waals surface area (Å²) in [5.41, 5.74) is 2.27. The van der Waals surface area contributed by atoms with Gasteiger partial charge in [-0.1, -0.05) is 0 Å². The summed E-state index contributed by atoms with van der Waals surface area (Å²) in [6, 6.07) is 11.8. The smallest absolute Gasteiger partial charge is 0.131 e. The highest BCUT2D eigenvalue weighted by Crippen LogP contribution is 2.24. The molecule has 5 nitrogen and oxygen atoms in total. The molecule has 2 aromatic carbocycles. The van der Waals surface area contributed by atoms with Crippen LogP contribution in [-0.2, 0) is 13.1 Å². The molecule has 0 atom stereocenters. The quantitative estimate of drug-likeness (QED) is 0.809. The Morgan fingerprint density at radius 3 is 1.91 bits per heavy atom. The molecule has 0 unspecified atom stereocenters. The van der Waals surface area contributed by atoms with Gasteiger partial charge in [0.15, 0.2) is 0 Å². The predicted molar refractivity (Wildman–Crippen MR) is 88.4 cm³/mol. The Morgan fingerprint density at radius 2 is 1.35 bits per heavy atom. The molecule has 0 spiro atoms. The number of hydrogen-bond donors (Lipinski definition) is 1. The maximum Gasteiger partial charge on any atom is 0.131 e. The lowest BCUT2D eigenvalue weighted by atomic mass is 10.1. The van der Waals surface area contributed by atoms with Crippen LogP contribution in [0.25, 0.3) is 0 Å². The summed E-state index contributed by atoms with van der Waals surface area (Å²) in [5, 5.41) is 2.21. The molecule has 0 aliphatic carbocycles. The first-order valence-electron chi connectivity index (χ1n) is 7.44. The van der Waals surface area contributed by atoms with E-state index in [0.717, 1.165) is 47.2 Å². The molecule has 2 rings (SSSR count). The highest BCUT2D eigenvalue weighted by molar-refractivity contribution is 5.40. The summed E-state index contributed by atoms with van der Waals surface area (Å²) >= 11 is 0. The van der Waals surface area contributed by atoms with Crippen LogP contribution < -0.4 is 24.3 Å². The van der Waals surface area contributed by atoms with Gasteiger partial charge in [0.1, 0.15) is 36.1 Å². The van der Waals surface area contributed by atoms with Crippen molar-refractivity contribution in [2.75, 3.05) is 28.4 Å². The standard InChI is InChI=1S/C18H23NO4/c1-20-15-6-5-14(18(10-15)23-4)12-19-11-13-7-16(21-2)9-17(8-13)22-3/h5-10,19H,11-12H2,1-4H3/p+1. The van der Waals surface area contributed by atoms with Crippen molar-refractivity contribution in [1.82, 2.24) is 0 Å². The molecule has 0 aromatic heterocycles. The monoisotopic (exact) mass is 318 g/mol. The number of nitrogens with two attached hydrogens (primary N) is 1. The van der Waals surface area contributed by atoms with Crippen LogP contribution in [0.5, 0.6) is 23.0 Å². The summed E-state index contributed by atoms with van der Waals surface area (Å²) in [6.45, 7) is 1.63. The van der Waals surface area contributed by atoms with Crippen LogP contribution in [0.1, 0.15) is 11.1 Å². The second-order valence-corrected chi connectivity index (χ2v) is 5.10. The van der Waals surface area contributed by atoms with Gasteiger partial charge in [0.05, 0.1) is 28.4 Å². The average molecular weight is 318 g/mol. The Bertz CT molecular complexity index is 621. The van der Waals surface area contributed by atoms with Gasteiger partial charge in [-0.3, -0.25) is 0 Å². The molecule has 2 aromatic rings. The number of benzene rings is 2. The SMILES string of the molecule is COc1cc(C[NH2+]Cc2ccc(OC)cc2OC)cc(OC)c1. The normalized spacial score (nSPS) is 10.3. The number of quaternary nitrogens is 1. The van der Waals surface area contributed by atoms with Gasteiger partial charge >= 0.3 is 0 Å². The van der Waals surface area contributed by atoms with Crippen LogP contribution in [0.15, 0.2) is 36.4 Å². The van der Waals surface area contributed by atoms with Crippen molar-refractivity contribution < 1.29 is 24.3 Å². The van der Waals surface area contributed by atoms with Crippen LogP contribution in [0.2, 0.25) is 0 Å². The van der Waals surface area contributed by atoms with E-state index in [1.165, 1.54) is 0 Å². The largest absolute Gasteiger partial charge is 0.497 e. The Balaban J connectivity index is 2.02. The average Bonchev–Trinajstić information content (AvgIpc) is 2.61. The van der Waals surface area contributed by atoms with E-state index in [1.807, 2.05) is 36.4 Å². The summed E-state index contributed by atoms with van der Waals surface area (Å²) in [6.07, 6.45) is 0. The highest BCUT2D eigenvalue weighted by atomic mass is 16.5. The third-order valence-electron chi connectivity index (χ3n) is 3.65. The summed E-state index contributed by atoms with van der Waals surface area (Å²) in [7, 11) is 6.64. The fraction of sp³-hybridized carbons (Fsp3) is 0.333. The first kappa shape index (κ1) is 17.0. The van der Waals surface area contributed by atoms with Crippen LogP contribution in [0.3, 0.4) is 0 Å². The van der Waals surface area contributed by atoms with Gasteiger partial charge in [0.25, 0.3) is 0 Å². The van der Waals surface area contributed by atoms with Crippen LogP contribution in [0.4, 0.5) is 0 Å². The second kappa shape index (κ2) is 8.29. The van der Waals surface area contributed by atoms with Crippen LogP contribution >= 0.6 is 0 Å². The van der Waals surface area contributed by atoms with E-state index in [9.17, 15) is 0 Å². The Labute approximate surface area is 137 Å². The lowest BCUT2D eigenvalue weighted by molar-refractivity contribution is -0.686. The molecule has 0 aliphatic heterocycles. The lowest BCUT2D eigenvalue weighted by Gasteiger charge is -2.10. The highest BCUT2D eigenvalue weighted by Gasteiger charge is 2.08. The van der Waals surface area contributed by atoms with Gasteiger partial charge in [-0.25, -0.2) is 0 Å². The van der Waals surface area contributed by atoms with Crippen molar-refractivity contribution in [2.24, 2.45) is 0 Å². The molecule has 0 heterocycles. The fourth-order valence-electron chi connectivity index (χ4n) is 2.40. The topological polar surface area (TPSA) is 53.5 Å². The molecule has 0 amide bonds. The maximum atomic E-state index is 5.42. The van der Waals surface area contributed by atoms with Gasteiger partial charge in [0.2, 0.25) is 0 Å². The van der Waals surface area contributed by atoms with E-state index in [4.69, 9.17) is 18.9 Å². The van der Waals surface area contributed by atoms with Crippen molar-refractivity contribution in [1.29, 1.82) is 0 Å². The number of hydrogen-bond acceptors (Lipinski definition) is 4.